The number of halogens is 1. The van der Waals surface area contributed by atoms with Gasteiger partial charge in [0.25, 0.3) is 0 Å². The number of sulfonamides is 1. The summed E-state index contributed by atoms with van der Waals surface area (Å²) in [6.07, 6.45) is 5.13. The minimum Gasteiger partial charge on any atom is -0.359 e. The Morgan fingerprint density at radius 1 is 1.12 bits per heavy atom. The number of hydrogen-bond acceptors (Lipinski definition) is 2. The predicted octanol–water partition coefficient (Wildman–Crippen LogP) is 4.39. The number of anilines is 1. The second-order valence-electron chi connectivity index (χ2n) is 7.26. The molecular formula is C20H21FN2O2S. The standard InChI is InChI=1S/C20H21FN2O2S/c1-20(13-10-11-13,15-7-3-4-8-17(15)21)16-12-22-19-14(16)6-5-9-18(19)23-26(2,24)25/h3-9,12-13,22-23H,10-11H2,1-2H3/t20-/m1/s1. The molecule has 1 aliphatic rings. The van der Waals surface area contributed by atoms with Gasteiger partial charge in [0.2, 0.25) is 10.0 Å². The van der Waals surface area contributed by atoms with Crippen molar-refractivity contribution in [3.05, 3.63) is 65.6 Å². The summed E-state index contributed by atoms with van der Waals surface area (Å²) in [7, 11) is -3.39. The van der Waals surface area contributed by atoms with Gasteiger partial charge in [0.1, 0.15) is 5.82 Å². The van der Waals surface area contributed by atoms with Gasteiger partial charge in [-0.2, -0.15) is 0 Å². The number of benzene rings is 2. The zero-order valence-corrected chi connectivity index (χ0v) is 15.5. The van der Waals surface area contributed by atoms with Crippen molar-refractivity contribution in [2.24, 2.45) is 5.92 Å². The zero-order valence-electron chi connectivity index (χ0n) is 14.7. The van der Waals surface area contributed by atoms with Crippen LogP contribution in [0, 0.1) is 11.7 Å². The molecule has 1 aromatic heterocycles. The molecule has 1 aliphatic carbocycles. The first-order valence-corrected chi connectivity index (χ1v) is 10.5. The van der Waals surface area contributed by atoms with E-state index in [1.807, 2.05) is 30.5 Å². The lowest BCUT2D eigenvalue weighted by molar-refractivity contribution is 0.465. The molecule has 0 amide bonds. The molecule has 2 N–H and O–H groups in total. The number of aromatic nitrogens is 1. The second-order valence-corrected chi connectivity index (χ2v) is 9.01. The highest BCUT2D eigenvalue weighted by molar-refractivity contribution is 7.92. The molecule has 3 aromatic rings. The number of nitrogens with one attached hydrogen (secondary N) is 2. The zero-order chi connectivity index (χ0) is 18.5. The maximum atomic E-state index is 14.7. The van der Waals surface area contributed by atoms with Gasteiger partial charge >= 0.3 is 0 Å². The van der Waals surface area contributed by atoms with Gasteiger partial charge in [0.05, 0.1) is 17.5 Å². The van der Waals surface area contributed by atoms with Crippen molar-refractivity contribution >= 4 is 26.6 Å². The van der Waals surface area contributed by atoms with E-state index in [4.69, 9.17) is 0 Å². The van der Waals surface area contributed by atoms with Crippen LogP contribution in [0.1, 0.15) is 30.9 Å². The number of H-pyrrole nitrogens is 1. The summed E-state index contributed by atoms with van der Waals surface area (Å²) in [5, 5.41) is 0.913. The molecule has 0 radical (unpaired) electrons. The van der Waals surface area contributed by atoms with Crippen molar-refractivity contribution in [2.75, 3.05) is 11.0 Å². The van der Waals surface area contributed by atoms with Gasteiger partial charge < -0.3 is 4.98 Å². The molecule has 4 rings (SSSR count). The highest BCUT2D eigenvalue weighted by atomic mass is 32.2. The second kappa shape index (κ2) is 5.84. The first kappa shape index (κ1) is 17.1. The van der Waals surface area contributed by atoms with E-state index >= 15 is 0 Å². The predicted molar refractivity (Wildman–Crippen MR) is 102 cm³/mol. The number of hydrogen-bond donors (Lipinski definition) is 2. The Hall–Kier alpha value is -2.34. The van der Waals surface area contributed by atoms with Crippen LogP contribution in [0.25, 0.3) is 10.9 Å². The fourth-order valence-electron chi connectivity index (χ4n) is 4.00. The van der Waals surface area contributed by atoms with Gasteiger partial charge in [-0.1, -0.05) is 37.3 Å². The maximum Gasteiger partial charge on any atom is 0.229 e. The molecule has 1 heterocycles. The molecule has 0 bridgehead atoms. The highest BCUT2D eigenvalue weighted by Gasteiger charge is 2.46. The molecule has 4 nitrogen and oxygen atoms in total. The highest BCUT2D eigenvalue weighted by Crippen LogP contribution is 2.53. The Labute approximate surface area is 152 Å². The Kier molecular flexibility index (Phi) is 3.84. The number of fused-ring (bicyclic) bond motifs is 1. The third kappa shape index (κ3) is 2.78. The quantitative estimate of drug-likeness (QED) is 0.697. The van der Waals surface area contributed by atoms with Crippen LogP contribution in [-0.4, -0.2) is 19.7 Å². The number of aromatic amines is 1. The summed E-state index contributed by atoms with van der Waals surface area (Å²) >= 11 is 0. The molecule has 2 aromatic carbocycles. The molecule has 1 saturated carbocycles. The molecule has 0 saturated heterocycles. The summed E-state index contributed by atoms with van der Waals surface area (Å²) < 4.78 is 40.5. The van der Waals surface area contributed by atoms with Crippen molar-refractivity contribution in [1.82, 2.24) is 4.98 Å². The summed E-state index contributed by atoms with van der Waals surface area (Å²) in [5.74, 6) is 0.159. The fraction of sp³-hybridized carbons (Fsp3) is 0.300. The van der Waals surface area contributed by atoms with Crippen LogP contribution in [0.4, 0.5) is 10.1 Å². The van der Waals surface area contributed by atoms with Gasteiger partial charge in [-0.25, -0.2) is 12.8 Å². The topological polar surface area (TPSA) is 62.0 Å². The van der Waals surface area contributed by atoms with E-state index in [0.29, 0.717) is 17.2 Å². The fourth-order valence-corrected chi connectivity index (χ4v) is 4.57. The van der Waals surface area contributed by atoms with Crippen LogP contribution in [0.15, 0.2) is 48.7 Å². The van der Waals surface area contributed by atoms with E-state index in [0.717, 1.165) is 35.6 Å². The van der Waals surface area contributed by atoms with Crippen molar-refractivity contribution in [3.63, 3.8) is 0 Å². The lowest BCUT2D eigenvalue weighted by Gasteiger charge is -2.31. The van der Waals surface area contributed by atoms with E-state index < -0.39 is 15.4 Å². The number of rotatable bonds is 5. The first-order valence-electron chi connectivity index (χ1n) is 8.64. The summed E-state index contributed by atoms with van der Waals surface area (Å²) in [6.45, 7) is 2.09. The Bertz CT molecular complexity index is 1090. The van der Waals surface area contributed by atoms with Crippen LogP contribution in [0.2, 0.25) is 0 Å². The van der Waals surface area contributed by atoms with E-state index in [1.165, 1.54) is 6.07 Å². The third-order valence-electron chi connectivity index (χ3n) is 5.40. The first-order chi connectivity index (χ1) is 12.3. The lowest BCUT2D eigenvalue weighted by Crippen LogP contribution is -2.27. The van der Waals surface area contributed by atoms with Crippen LogP contribution in [-0.2, 0) is 15.4 Å². The number of para-hydroxylation sites is 1. The summed E-state index contributed by atoms with van der Waals surface area (Å²) in [5.41, 5.74) is 2.44. The molecular weight excluding hydrogens is 351 g/mol. The Morgan fingerprint density at radius 2 is 1.85 bits per heavy atom. The van der Waals surface area contributed by atoms with E-state index in [1.54, 1.807) is 12.1 Å². The Morgan fingerprint density at radius 3 is 2.50 bits per heavy atom. The Balaban J connectivity index is 1.93. The smallest absolute Gasteiger partial charge is 0.229 e. The minimum atomic E-state index is -3.39. The SMILES string of the molecule is C[C@@](c1ccccc1F)(c1c[nH]c2c(NS(C)(=O)=O)cccc12)C1CC1. The van der Waals surface area contributed by atoms with Crippen molar-refractivity contribution < 1.29 is 12.8 Å². The van der Waals surface area contributed by atoms with Gasteiger partial charge in [-0.15, -0.1) is 0 Å². The maximum absolute atomic E-state index is 14.7. The van der Waals surface area contributed by atoms with Crippen LogP contribution in [0.5, 0.6) is 0 Å². The van der Waals surface area contributed by atoms with Gasteiger partial charge in [0.15, 0.2) is 0 Å². The van der Waals surface area contributed by atoms with Crippen LogP contribution >= 0.6 is 0 Å². The molecule has 26 heavy (non-hydrogen) atoms. The average molecular weight is 372 g/mol. The monoisotopic (exact) mass is 372 g/mol. The molecule has 1 fully saturated rings. The van der Waals surface area contributed by atoms with Crippen molar-refractivity contribution in [2.45, 2.75) is 25.2 Å². The molecule has 0 spiro atoms. The largest absolute Gasteiger partial charge is 0.359 e. The minimum absolute atomic E-state index is 0.207. The normalized spacial score (nSPS) is 17.2. The van der Waals surface area contributed by atoms with Crippen LogP contribution in [0.3, 0.4) is 0 Å². The van der Waals surface area contributed by atoms with Gasteiger partial charge in [0, 0.05) is 17.0 Å². The molecule has 0 unspecified atom stereocenters. The summed E-state index contributed by atoms with van der Waals surface area (Å²) in [4.78, 5) is 3.21. The molecule has 1 atom stereocenters. The molecule has 6 heteroatoms. The van der Waals surface area contributed by atoms with Crippen LogP contribution < -0.4 is 4.72 Å². The van der Waals surface area contributed by atoms with Crippen molar-refractivity contribution in [1.29, 1.82) is 0 Å². The van der Waals surface area contributed by atoms with Gasteiger partial charge in [-0.3, -0.25) is 4.72 Å². The molecule has 136 valence electrons. The summed E-state index contributed by atoms with van der Waals surface area (Å²) in [6, 6.07) is 12.4. The van der Waals surface area contributed by atoms with E-state index in [-0.39, 0.29) is 5.82 Å². The average Bonchev–Trinajstić information content (AvgIpc) is 3.33. The third-order valence-corrected chi connectivity index (χ3v) is 5.99. The van der Waals surface area contributed by atoms with E-state index in [2.05, 4.69) is 16.6 Å². The molecule has 0 aliphatic heterocycles. The van der Waals surface area contributed by atoms with Crippen molar-refractivity contribution in [3.8, 4) is 0 Å². The van der Waals surface area contributed by atoms with E-state index in [9.17, 15) is 12.8 Å². The lowest BCUT2D eigenvalue weighted by atomic mass is 9.72. The van der Waals surface area contributed by atoms with Gasteiger partial charge in [-0.05, 0) is 42.0 Å².